The van der Waals surface area contributed by atoms with Gasteiger partial charge >= 0.3 is 0 Å². The summed E-state index contributed by atoms with van der Waals surface area (Å²) in [5, 5.41) is 26.8. The van der Waals surface area contributed by atoms with Crippen molar-refractivity contribution in [1.29, 1.82) is 0 Å². The molecule has 0 aromatic heterocycles. The third kappa shape index (κ3) is 4.64. The zero-order valence-corrected chi connectivity index (χ0v) is 13.0. The molecular formula is C17H12N2O6-2. The van der Waals surface area contributed by atoms with Gasteiger partial charge in [-0.2, -0.15) is 0 Å². The Bertz CT molecular complexity index is 826. The van der Waals surface area contributed by atoms with E-state index in [1.165, 1.54) is 31.2 Å². The molecule has 2 amide bonds. The van der Waals surface area contributed by atoms with E-state index in [4.69, 9.17) is 0 Å². The van der Waals surface area contributed by atoms with Gasteiger partial charge in [-0.15, -0.1) is 0 Å². The number of nitrogens with one attached hydrogen (secondary N) is 2. The summed E-state index contributed by atoms with van der Waals surface area (Å²) in [6, 6.07) is 8.95. The number of anilines is 2. The van der Waals surface area contributed by atoms with E-state index in [1.807, 2.05) is 0 Å². The van der Waals surface area contributed by atoms with Gasteiger partial charge in [-0.1, -0.05) is 0 Å². The van der Waals surface area contributed by atoms with Crippen molar-refractivity contribution >= 4 is 35.1 Å². The summed E-state index contributed by atoms with van der Waals surface area (Å²) < 4.78 is 0. The van der Waals surface area contributed by atoms with Crippen LogP contribution in [0.5, 0.6) is 0 Å². The van der Waals surface area contributed by atoms with Crippen LogP contribution in [0.3, 0.4) is 0 Å². The van der Waals surface area contributed by atoms with Crippen LogP contribution in [-0.2, 0) is 4.79 Å². The Balaban J connectivity index is 2.23. The van der Waals surface area contributed by atoms with Crippen molar-refractivity contribution in [2.75, 3.05) is 10.6 Å². The Labute approximate surface area is 142 Å². The molecule has 2 rings (SSSR count). The van der Waals surface area contributed by atoms with Crippen molar-refractivity contribution < 1.29 is 29.4 Å². The van der Waals surface area contributed by atoms with E-state index in [0.29, 0.717) is 5.69 Å². The van der Waals surface area contributed by atoms with E-state index in [9.17, 15) is 29.4 Å². The second-order valence-corrected chi connectivity index (χ2v) is 5.09. The summed E-state index contributed by atoms with van der Waals surface area (Å²) in [6.07, 6.45) is 0. The fourth-order valence-corrected chi connectivity index (χ4v) is 2.05. The molecule has 0 bridgehead atoms. The minimum atomic E-state index is -1.58. The summed E-state index contributed by atoms with van der Waals surface area (Å²) in [5.74, 6) is -4.02. The Morgan fingerprint density at radius 2 is 1.24 bits per heavy atom. The van der Waals surface area contributed by atoms with Gasteiger partial charge in [0.05, 0.1) is 11.9 Å². The second kappa shape index (κ2) is 7.26. The number of carboxylic acid groups (broad SMARTS) is 2. The first-order valence-corrected chi connectivity index (χ1v) is 7.03. The van der Waals surface area contributed by atoms with E-state index in [-0.39, 0.29) is 17.2 Å². The highest BCUT2D eigenvalue weighted by Crippen LogP contribution is 2.17. The fraction of sp³-hybridized carbons (Fsp3) is 0.0588. The zero-order chi connectivity index (χ0) is 18.6. The lowest BCUT2D eigenvalue weighted by atomic mass is 10.1. The molecule has 0 saturated heterocycles. The Morgan fingerprint density at radius 1 is 0.720 bits per heavy atom. The Hall–Kier alpha value is -3.68. The minimum Gasteiger partial charge on any atom is -0.545 e. The monoisotopic (exact) mass is 340 g/mol. The number of benzene rings is 2. The molecular weight excluding hydrogens is 328 g/mol. The molecule has 0 aliphatic rings. The molecule has 0 heterocycles. The maximum atomic E-state index is 12.2. The van der Waals surface area contributed by atoms with Crippen LogP contribution in [0.15, 0.2) is 42.5 Å². The maximum Gasteiger partial charge on any atom is 0.255 e. The fourth-order valence-electron chi connectivity index (χ4n) is 2.05. The molecule has 25 heavy (non-hydrogen) atoms. The SMILES string of the molecule is CC(=O)Nc1ccc(C(=O)Nc2cc(C(=O)[O-])cc(C(=O)[O-])c2)cc1. The molecule has 0 aliphatic heterocycles. The number of carbonyl (C=O) groups is 4. The predicted octanol–water partition coefficient (Wildman–Crippen LogP) is -0.376. The van der Waals surface area contributed by atoms with Gasteiger partial charge in [0.25, 0.3) is 5.91 Å². The molecule has 0 fully saturated rings. The van der Waals surface area contributed by atoms with Crippen molar-refractivity contribution in [2.45, 2.75) is 6.92 Å². The van der Waals surface area contributed by atoms with E-state index < -0.39 is 29.0 Å². The molecule has 2 aromatic carbocycles. The largest absolute Gasteiger partial charge is 0.545 e. The molecule has 0 radical (unpaired) electrons. The van der Waals surface area contributed by atoms with Gasteiger partial charge in [0.15, 0.2) is 0 Å². The number of hydrogen-bond acceptors (Lipinski definition) is 6. The molecule has 2 aromatic rings. The Morgan fingerprint density at radius 3 is 1.68 bits per heavy atom. The van der Waals surface area contributed by atoms with E-state index in [0.717, 1.165) is 18.2 Å². The second-order valence-electron chi connectivity index (χ2n) is 5.09. The topological polar surface area (TPSA) is 138 Å². The molecule has 2 N–H and O–H groups in total. The number of amides is 2. The van der Waals surface area contributed by atoms with Crippen LogP contribution in [0.1, 0.15) is 38.0 Å². The van der Waals surface area contributed by atoms with E-state index in [2.05, 4.69) is 10.6 Å². The summed E-state index contributed by atoms with van der Waals surface area (Å²) in [7, 11) is 0. The molecule has 0 saturated carbocycles. The van der Waals surface area contributed by atoms with Crippen LogP contribution in [0, 0.1) is 0 Å². The van der Waals surface area contributed by atoms with Crippen LogP contribution >= 0.6 is 0 Å². The average Bonchev–Trinajstić information content (AvgIpc) is 2.54. The molecule has 8 heteroatoms. The molecule has 8 nitrogen and oxygen atoms in total. The normalized spacial score (nSPS) is 9.96. The summed E-state index contributed by atoms with van der Waals surface area (Å²) in [4.78, 5) is 45.0. The third-order valence-corrected chi connectivity index (χ3v) is 3.13. The zero-order valence-electron chi connectivity index (χ0n) is 13.0. The third-order valence-electron chi connectivity index (χ3n) is 3.13. The quantitative estimate of drug-likeness (QED) is 0.761. The first-order chi connectivity index (χ1) is 11.8. The van der Waals surface area contributed by atoms with E-state index >= 15 is 0 Å². The molecule has 128 valence electrons. The molecule has 0 spiro atoms. The number of hydrogen-bond donors (Lipinski definition) is 2. The van der Waals surface area contributed by atoms with Crippen molar-refractivity contribution in [3.63, 3.8) is 0 Å². The standard InChI is InChI=1S/C17H14N2O6/c1-9(20)18-13-4-2-10(3-5-13)15(21)19-14-7-11(16(22)23)6-12(8-14)17(24)25/h2-8H,1H3,(H,18,20)(H,19,21)(H,22,23)(H,24,25)/p-2. The van der Waals surface area contributed by atoms with Crippen molar-refractivity contribution in [1.82, 2.24) is 0 Å². The number of aromatic carboxylic acids is 2. The number of carbonyl (C=O) groups excluding carboxylic acids is 4. The van der Waals surface area contributed by atoms with Gasteiger partial charge < -0.3 is 30.4 Å². The summed E-state index contributed by atoms with van der Waals surface area (Å²) in [5.41, 5.74) is -0.113. The minimum absolute atomic E-state index is 0.0307. The van der Waals surface area contributed by atoms with Crippen LogP contribution in [-0.4, -0.2) is 23.8 Å². The molecule has 0 unspecified atom stereocenters. The summed E-state index contributed by atoms with van der Waals surface area (Å²) in [6.45, 7) is 1.35. The van der Waals surface area contributed by atoms with Gasteiger partial charge in [-0.05, 0) is 53.6 Å². The summed E-state index contributed by atoms with van der Waals surface area (Å²) >= 11 is 0. The lowest BCUT2D eigenvalue weighted by Gasteiger charge is -2.12. The van der Waals surface area contributed by atoms with Gasteiger partial charge in [0.1, 0.15) is 0 Å². The highest BCUT2D eigenvalue weighted by molar-refractivity contribution is 6.06. The van der Waals surface area contributed by atoms with Crippen LogP contribution < -0.4 is 20.8 Å². The van der Waals surface area contributed by atoms with Gasteiger partial charge in [-0.3, -0.25) is 9.59 Å². The first-order valence-electron chi connectivity index (χ1n) is 7.03. The van der Waals surface area contributed by atoms with Gasteiger partial charge in [-0.25, -0.2) is 0 Å². The van der Waals surface area contributed by atoms with E-state index in [1.54, 1.807) is 0 Å². The maximum absolute atomic E-state index is 12.2. The van der Waals surface area contributed by atoms with Crippen molar-refractivity contribution in [3.8, 4) is 0 Å². The molecule has 0 atom stereocenters. The highest BCUT2D eigenvalue weighted by Gasteiger charge is 2.09. The average molecular weight is 340 g/mol. The lowest BCUT2D eigenvalue weighted by Crippen LogP contribution is -2.26. The number of carboxylic acids is 2. The smallest absolute Gasteiger partial charge is 0.255 e. The highest BCUT2D eigenvalue weighted by atomic mass is 16.4. The van der Waals surface area contributed by atoms with Gasteiger partial charge in [0.2, 0.25) is 5.91 Å². The predicted molar refractivity (Wildman–Crippen MR) is 83.8 cm³/mol. The molecule has 0 aliphatic carbocycles. The lowest BCUT2D eigenvalue weighted by molar-refractivity contribution is -0.255. The van der Waals surface area contributed by atoms with Crippen LogP contribution in [0.25, 0.3) is 0 Å². The van der Waals surface area contributed by atoms with Gasteiger partial charge in [0, 0.05) is 23.9 Å². The van der Waals surface area contributed by atoms with Crippen LogP contribution in [0.4, 0.5) is 11.4 Å². The van der Waals surface area contributed by atoms with Crippen molar-refractivity contribution in [2.24, 2.45) is 0 Å². The van der Waals surface area contributed by atoms with Crippen molar-refractivity contribution in [3.05, 3.63) is 59.2 Å². The van der Waals surface area contributed by atoms with Crippen LogP contribution in [0.2, 0.25) is 0 Å². The first kappa shape index (κ1) is 17.7. The Kier molecular flexibility index (Phi) is 5.13. The number of rotatable bonds is 5.